The Labute approximate surface area is 122 Å². The maximum absolute atomic E-state index is 11.4. The molecule has 0 amide bonds. The van der Waals surface area contributed by atoms with Gasteiger partial charge in [0.2, 0.25) is 0 Å². The summed E-state index contributed by atoms with van der Waals surface area (Å²) in [4.78, 5) is 12.6. The minimum atomic E-state index is 0.702. The first-order valence-electron chi connectivity index (χ1n) is 6.39. The van der Waals surface area contributed by atoms with Gasteiger partial charge in [0.25, 0.3) is 0 Å². The molecule has 100 valence electrons. The average Bonchev–Trinajstić information content (AvgIpc) is 2.53. The Bertz CT molecular complexity index is 689. The van der Waals surface area contributed by atoms with Gasteiger partial charge >= 0.3 is 0 Å². The van der Waals surface area contributed by atoms with Gasteiger partial charge in [0, 0.05) is 27.4 Å². The number of rotatable bonds is 3. The van der Waals surface area contributed by atoms with Gasteiger partial charge in [0.15, 0.2) is 0 Å². The molecule has 2 aromatic rings. The first kappa shape index (κ1) is 13.0. The summed E-state index contributed by atoms with van der Waals surface area (Å²) in [5, 5.41) is 0. The van der Waals surface area contributed by atoms with Crippen molar-refractivity contribution < 1.29 is 9.53 Å². The fraction of sp³-hybridized carbons (Fsp3) is 0.118. The van der Waals surface area contributed by atoms with Crippen molar-refractivity contribution in [2.75, 3.05) is 12.9 Å². The maximum atomic E-state index is 11.4. The molecule has 0 spiro atoms. The SMILES string of the molecule is COc1ccccc1C1=C(C=O)CSc2ccccc21. The summed E-state index contributed by atoms with van der Waals surface area (Å²) in [6.07, 6.45) is 0.963. The Morgan fingerprint density at radius 1 is 1.05 bits per heavy atom. The lowest BCUT2D eigenvalue weighted by Gasteiger charge is -2.22. The molecule has 1 heterocycles. The number of para-hydroxylation sites is 1. The van der Waals surface area contributed by atoms with Gasteiger partial charge in [-0.15, -0.1) is 11.8 Å². The minimum Gasteiger partial charge on any atom is -0.496 e. The van der Waals surface area contributed by atoms with Crippen LogP contribution in [-0.4, -0.2) is 19.1 Å². The van der Waals surface area contributed by atoms with Crippen LogP contribution in [0.3, 0.4) is 0 Å². The van der Waals surface area contributed by atoms with Crippen LogP contribution in [0.2, 0.25) is 0 Å². The topological polar surface area (TPSA) is 26.3 Å². The van der Waals surface area contributed by atoms with Crippen LogP contribution in [0.15, 0.2) is 59.0 Å². The third kappa shape index (κ3) is 2.14. The second-order valence-electron chi connectivity index (χ2n) is 4.50. The van der Waals surface area contributed by atoms with E-state index in [9.17, 15) is 4.79 Å². The molecule has 2 nitrogen and oxygen atoms in total. The largest absolute Gasteiger partial charge is 0.496 e. The van der Waals surface area contributed by atoms with Crippen molar-refractivity contribution in [3.8, 4) is 5.75 Å². The number of carbonyl (C=O) groups excluding carboxylic acids is 1. The Morgan fingerprint density at radius 2 is 1.75 bits per heavy atom. The van der Waals surface area contributed by atoms with Crippen LogP contribution in [0, 0.1) is 0 Å². The van der Waals surface area contributed by atoms with Gasteiger partial charge in [0.05, 0.1) is 7.11 Å². The van der Waals surface area contributed by atoms with Crippen molar-refractivity contribution >= 4 is 23.6 Å². The molecular formula is C17H14O2S. The summed E-state index contributed by atoms with van der Waals surface area (Å²) in [5.41, 5.74) is 3.89. The number of methoxy groups -OCH3 is 1. The van der Waals surface area contributed by atoms with Crippen molar-refractivity contribution in [1.29, 1.82) is 0 Å². The summed E-state index contributed by atoms with van der Waals surface area (Å²) >= 11 is 1.70. The fourth-order valence-electron chi connectivity index (χ4n) is 2.46. The normalized spacial score (nSPS) is 13.8. The number of ether oxygens (including phenoxy) is 1. The Hall–Kier alpha value is -2.00. The quantitative estimate of drug-likeness (QED) is 0.801. The van der Waals surface area contributed by atoms with Crippen molar-refractivity contribution in [3.05, 3.63) is 65.2 Å². The Morgan fingerprint density at radius 3 is 2.50 bits per heavy atom. The van der Waals surface area contributed by atoms with Crippen molar-refractivity contribution in [1.82, 2.24) is 0 Å². The number of hydrogen-bond donors (Lipinski definition) is 0. The third-order valence-corrected chi connectivity index (χ3v) is 4.50. The van der Waals surface area contributed by atoms with E-state index in [0.717, 1.165) is 34.3 Å². The van der Waals surface area contributed by atoms with Crippen LogP contribution in [0.25, 0.3) is 5.57 Å². The van der Waals surface area contributed by atoms with Crippen molar-refractivity contribution in [3.63, 3.8) is 0 Å². The zero-order chi connectivity index (χ0) is 13.9. The molecule has 0 N–H and O–H groups in total. The van der Waals surface area contributed by atoms with Gasteiger partial charge < -0.3 is 4.74 Å². The van der Waals surface area contributed by atoms with E-state index >= 15 is 0 Å². The maximum Gasteiger partial charge on any atom is 0.147 e. The van der Waals surface area contributed by atoms with Gasteiger partial charge in [-0.25, -0.2) is 0 Å². The number of aldehydes is 1. The second-order valence-corrected chi connectivity index (χ2v) is 5.52. The second kappa shape index (κ2) is 5.55. The molecule has 1 aliphatic heterocycles. The smallest absolute Gasteiger partial charge is 0.147 e. The highest BCUT2D eigenvalue weighted by Gasteiger charge is 2.22. The van der Waals surface area contributed by atoms with Crippen LogP contribution >= 0.6 is 11.8 Å². The molecule has 0 fully saturated rings. The van der Waals surface area contributed by atoms with E-state index in [2.05, 4.69) is 12.1 Å². The molecular weight excluding hydrogens is 268 g/mol. The summed E-state index contributed by atoms with van der Waals surface area (Å²) < 4.78 is 5.45. The van der Waals surface area contributed by atoms with E-state index in [0.29, 0.717) is 5.75 Å². The first-order chi connectivity index (χ1) is 9.85. The molecule has 1 aliphatic rings. The van der Waals surface area contributed by atoms with Gasteiger partial charge in [-0.3, -0.25) is 4.79 Å². The highest BCUT2D eigenvalue weighted by molar-refractivity contribution is 7.99. The summed E-state index contributed by atoms with van der Waals surface area (Å²) in [6, 6.07) is 16.0. The van der Waals surface area contributed by atoms with Crippen LogP contribution in [-0.2, 0) is 4.79 Å². The lowest BCUT2D eigenvalue weighted by Crippen LogP contribution is -2.06. The predicted octanol–water partition coefficient (Wildman–Crippen LogP) is 3.80. The molecule has 0 aliphatic carbocycles. The predicted molar refractivity (Wildman–Crippen MR) is 82.2 cm³/mol. The Kier molecular flexibility index (Phi) is 3.61. The van der Waals surface area contributed by atoms with Gasteiger partial charge in [-0.1, -0.05) is 36.4 Å². The van der Waals surface area contributed by atoms with Crippen LogP contribution < -0.4 is 4.74 Å². The first-order valence-corrected chi connectivity index (χ1v) is 7.37. The highest BCUT2D eigenvalue weighted by Crippen LogP contribution is 2.42. The van der Waals surface area contributed by atoms with E-state index in [1.165, 1.54) is 4.90 Å². The zero-order valence-corrected chi connectivity index (χ0v) is 11.9. The van der Waals surface area contributed by atoms with E-state index in [1.54, 1.807) is 18.9 Å². The molecule has 3 heteroatoms. The Balaban J connectivity index is 2.27. The van der Waals surface area contributed by atoms with E-state index in [1.807, 2.05) is 36.4 Å². The molecule has 20 heavy (non-hydrogen) atoms. The van der Waals surface area contributed by atoms with Crippen LogP contribution in [0.4, 0.5) is 0 Å². The molecule has 2 aromatic carbocycles. The standard InChI is InChI=1S/C17H14O2S/c1-19-15-8-4-2-6-13(15)17-12(10-18)11-20-16-9-5-3-7-14(16)17/h2-10H,11H2,1H3. The molecule has 0 atom stereocenters. The number of carbonyl (C=O) groups is 1. The van der Waals surface area contributed by atoms with E-state index in [-0.39, 0.29) is 0 Å². The lowest BCUT2D eigenvalue weighted by atomic mass is 9.93. The fourth-order valence-corrected chi connectivity index (χ4v) is 3.49. The number of benzene rings is 2. The number of fused-ring (bicyclic) bond motifs is 1. The summed E-state index contributed by atoms with van der Waals surface area (Å²) in [5.74, 6) is 1.50. The molecule has 0 radical (unpaired) electrons. The van der Waals surface area contributed by atoms with E-state index in [4.69, 9.17) is 4.74 Å². The summed E-state index contributed by atoms with van der Waals surface area (Å²) in [7, 11) is 1.66. The van der Waals surface area contributed by atoms with Crippen LogP contribution in [0.5, 0.6) is 5.75 Å². The highest BCUT2D eigenvalue weighted by atomic mass is 32.2. The molecule has 0 aromatic heterocycles. The molecule has 0 bridgehead atoms. The van der Waals surface area contributed by atoms with Gasteiger partial charge in [-0.2, -0.15) is 0 Å². The molecule has 3 rings (SSSR count). The van der Waals surface area contributed by atoms with Crippen LogP contribution in [0.1, 0.15) is 11.1 Å². The minimum absolute atomic E-state index is 0.702. The molecule has 0 saturated carbocycles. The van der Waals surface area contributed by atoms with E-state index < -0.39 is 0 Å². The van der Waals surface area contributed by atoms with Gasteiger partial charge in [0.1, 0.15) is 12.0 Å². The third-order valence-electron chi connectivity index (χ3n) is 3.38. The zero-order valence-electron chi connectivity index (χ0n) is 11.1. The molecule has 0 saturated heterocycles. The molecule has 0 unspecified atom stereocenters. The monoisotopic (exact) mass is 282 g/mol. The number of hydrogen-bond acceptors (Lipinski definition) is 3. The number of thioether (sulfide) groups is 1. The van der Waals surface area contributed by atoms with Gasteiger partial charge in [-0.05, 0) is 17.7 Å². The lowest BCUT2D eigenvalue weighted by molar-refractivity contribution is -0.104. The summed E-state index contributed by atoms with van der Waals surface area (Å²) in [6.45, 7) is 0. The average molecular weight is 282 g/mol. The van der Waals surface area contributed by atoms with Crippen molar-refractivity contribution in [2.45, 2.75) is 4.90 Å². The van der Waals surface area contributed by atoms with Crippen molar-refractivity contribution in [2.24, 2.45) is 0 Å².